The van der Waals surface area contributed by atoms with Gasteiger partial charge >= 0.3 is 0 Å². The van der Waals surface area contributed by atoms with Gasteiger partial charge in [0, 0.05) is 28.9 Å². The largest absolute Gasteiger partial charge is 0.384 e. The maximum atomic E-state index is 6.77. The Labute approximate surface area is 149 Å². The molecule has 2 aromatic carbocycles. The lowest BCUT2D eigenvalue weighted by Gasteiger charge is -2.35. The summed E-state index contributed by atoms with van der Waals surface area (Å²) in [5, 5.41) is 4.46. The molecule has 0 aliphatic heterocycles. The highest BCUT2D eigenvalue weighted by Crippen LogP contribution is 2.42. The molecular weight excluding hydrogens is 316 g/mol. The van der Waals surface area contributed by atoms with Gasteiger partial charge in [-0.2, -0.15) is 0 Å². The summed E-state index contributed by atoms with van der Waals surface area (Å²) < 4.78 is 0. The van der Waals surface area contributed by atoms with E-state index in [1.165, 1.54) is 0 Å². The molecule has 1 unspecified atom stereocenters. The minimum atomic E-state index is -0.0479. The second-order valence-electron chi connectivity index (χ2n) is 6.57. The van der Waals surface area contributed by atoms with Crippen LogP contribution in [-0.4, -0.2) is 12.8 Å². The summed E-state index contributed by atoms with van der Waals surface area (Å²) in [7, 11) is 0. The Morgan fingerprint density at radius 2 is 1.75 bits per heavy atom. The highest BCUT2D eigenvalue weighted by atomic mass is 35.5. The van der Waals surface area contributed by atoms with E-state index < -0.39 is 0 Å². The summed E-state index contributed by atoms with van der Waals surface area (Å²) in [4.78, 5) is 4.58. The van der Waals surface area contributed by atoms with Crippen LogP contribution in [0.4, 0.5) is 11.4 Å². The van der Waals surface area contributed by atoms with Crippen molar-refractivity contribution in [2.75, 3.05) is 11.9 Å². The quantitative estimate of drug-likeness (QED) is 0.646. The van der Waals surface area contributed by atoms with Crippen LogP contribution in [0.3, 0.4) is 0 Å². The first-order chi connectivity index (χ1) is 11.7. The van der Waals surface area contributed by atoms with Crippen molar-refractivity contribution in [2.45, 2.75) is 26.2 Å². The van der Waals surface area contributed by atoms with Crippen LogP contribution in [0, 0.1) is 5.41 Å². The van der Waals surface area contributed by atoms with Crippen molar-refractivity contribution in [1.82, 2.24) is 0 Å². The zero-order chi connectivity index (χ0) is 16.8. The molecule has 0 fully saturated rings. The molecular formula is C21H23ClN2. The zero-order valence-corrected chi connectivity index (χ0v) is 14.8. The molecule has 0 bridgehead atoms. The number of para-hydroxylation sites is 2. The number of nitrogens with zero attached hydrogens (tertiary/aromatic N) is 1. The summed E-state index contributed by atoms with van der Waals surface area (Å²) in [6.45, 7) is 3.07. The molecule has 0 saturated carbocycles. The van der Waals surface area contributed by atoms with Gasteiger partial charge in [-0.15, -0.1) is 0 Å². The fourth-order valence-electron chi connectivity index (χ4n) is 3.08. The van der Waals surface area contributed by atoms with Crippen LogP contribution in [0.15, 0.2) is 76.3 Å². The second kappa shape index (κ2) is 7.67. The van der Waals surface area contributed by atoms with Crippen molar-refractivity contribution in [3.05, 3.63) is 71.3 Å². The molecule has 1 aliphatic carbocycles. The van der Waals surface area contributed by atoms with E-state index in [9.17, 15) is 0 Å². The van der Waals surface area contributed by atoms with Crippen LogP contribution in [0.5, 0.6) is 0 Å². The van der Waals surface area contributed by atoms with Crippen LogP contribution < -0.4 is 5.32 Å². The minimum absolute atomic E-state index is 0.0479. The molecule has 0 radical (unpaired) electrons. The van der Waals surface area contributed by atoms with E-state index in [2.05, 4.69) is 29.4 Å². The van der Waals surface area contributed by atoms with Crippen molar-refractivity contribution in [3.8, 4) is 0 Å². The monoisotopic (exact) mass is 338 g/mol. The van der Waals surface area contributed by atoms with E-state index in [1.807, 2.05) is 54.7 Å². The number of rotatable bonds is 5. The predicted molar refractivity (Wildman–Crippen MR) is 104 cm³/mol. The summed E-state index contributed by atoms with van der Waals surface area (Å²) in [6.07, 6.45) is 5.17. The van der Waals surface area contributed by atoms with Gasteiger partial charge in [-0.1, -0.05) is 54.9 Å². The first-order valence-electron chi connectivity index (χ1n) is 8.45. The molecule has 3 heteroatoms. The normalized spacial score (nSPS) is 21.2. The lowest BCUT2D eigenvalue weighted by Crippen LogP contribution is -2.30. The van der Waals surface area contributed by atoms with Crippen LogP contribution in [0.2, 0.25) is 0 Å². The molecule has 24 heavy (non-hydrogen) atoms. The van der Waals surface area contributed by atoms with Gasteiger partial charge in [0.05, 0.1) is 5.69 Å². The molecule has 0 aromatic heterocycles. The summed E-state index contributed by atoms with van der Waals surface area (Å²) >= 11 is 6.77. The number of hydrogen-bond acceptors (Lipinski definition) is 2. The topological polar surface area (TPSA) is 24.4 Å². The van der Waals surface area contributed by atoms with Gasteiger partial charge in [-0.3, -0.25) is 4.99 Å². The Hall–Kier alpha value is -2.06. The van der Waals surface area contributed by atoms with E-state index in [1.54, 1.807) is 0 Å². The van der Waals surface area contributed by atoms with Crippen LogP contribution in [-0.2, 0) is 0 Å². The first-order valence-corrected chi connectivity index (χ1v) is 8.82. The van der Waals surface area contributed by atoms with Crippen molar-refractivity contribution in [1.29, 1.82) is 0 Å². The van der Waals surface area contributed by atoms with E-state index in [-0.39, 0.29) is 5.41 Å². The highest BCUT2D eigenvalue weighted by molar-refractivity contribution is 6.32. The molecule has 124 valence electrons. The summed E-state index contributed by atoms with van der Waals surface area (Å²) in [5.74, 6) is 0. The van der Waals surface area contributed by atoms with E-state index >= 15 is 0 Å². The number of hydrogen-bond donors (Lipinski definition) is 1. The molecule has 1 N–H and O–H groups in total. The fourth-order valence-corrected chi connectivity index (χ4v) is 3.39. The van der Waals surface area contributed by atoms with Gasteiger partial charge in [-0.25, -0.2) is 0 Å². The number of aliphatic imine (C=N–C) groups is 1. The third-order valence-electron chi connectivity index (χ3n) is 4.57. The minimum Gasteiger partial charge on any atom is -0.384 e. The lowest BCUT2D eigenvalue weighted by atomic mass is 9.77. The Balaban J connectivity index is 1.74. The molecule has 2 aromatic rings. The number of anilines is 1. The van der Waals surface area contributed by atoms with Crippen molar-refractivity contribution < 1.29 is 0 Å². The van der Waals surface area contributed by atoms with Crippen LogP contribution in [0.1, 0.15) is 26.2 Å². The van der Waals surface area contributed by atoms with E-state index in [0.29, 0.717) is 0 Å². The molecule has 0 saturated heterocycles. The molecule has 2 nitrogen and oxygen atoms in total. The van der Waals surface area contributed by atoms with Crippen molar-refractivity contribution >= 4 is 29.2 Å². The highest BCUT2D eigenvalue weighted by Gasteiger charge is 2.32. The Bertz CT molecular complexity index is 722. The maximum Gasteiger partial charge on any atom is 0.0629 e. The molecule has 1 aliphatic rings. The van der Waals surface area contributed by atoms with Crippen molar-refractivity contribution in [2.24, 2.45) is 10.4 Å². The van der Waals surface area contributed by atoms with Crippen LogP contribution in [0.25, 0.3) is 0 Å². The Morgan fingerprint density at radius 3 is 2.46 bits per heavy atom. The molecule has 0 spiro atoms. The first kappa shape index (κ1) is 16.8. The SMILES string of the molecule is CC1(CNc2ccccc2)CCCC(/C=N/c2ccccc2)=C1Cl. The molecule has 1 atom stereocenters. The maximum absolute atomic E-state index is 6.77. The van der Waals surface area contributed by atoms with Gasteiger partial charge in [0.1, 0.15) is 0 Å². The van der Waals surface area contributed by atoms with E-state index in [4.69, 9.17) is 11.6 Å². The Kier molecular flexibility index (Phi) is 5.37. The van der Waals surface area contributed by atoms with Gasteiger partial charge < -0.3 is 5.32 Å². The van der Waals surface area contributed by atoms with Gasteiger partial charge in [0.15, 0.2) is 0 Å². The Morgan fingerprint density at radius 1 is 1.08 bits per heavy atom. The lowest BCUT2D eigenvalue weighted by molar-refractivity contribution is 0.374. The average Bonchev–Trinajstić information content (AvgIpc) is 2.63. The predicted octanol–water partition coefficient (Wildman–Crippen LogP) is 6.18. The van der Waals surface area contributed by atoms with Gasteiger partial charge in [0.25, 0.3) is 0 Å². The van der Waals surface area contributed by atoms with Gasteiger partial charge in [0.2, 0.25) is 0 Å². The van der Waals surface area contributed by atoms with Crippen molar-refractivity contribution in [3.63, 3.8) is 0 Å². The second-order valence-corrected chi connectivity index (χ2v) is 6.94. The number of halogens is 1. The number of benzene rings is 2. The molecule has 0 heterocycles. The third kappa shape index (κ3) is 4.07. The smallest absolute Gasteiger partial charge is 0.0629 e. The summed E-state index contributed by atoms with van der Waals surface area (Å²) in [6, 6.07) is 20.3. The molecule has 0 amide bonds. The number of allylic oxidation sites excluding steroid dienone is 1. The summed E-state index contributed by atoms with van der Waals surface area (Å²) in [5.41, 5.74) is 3.20. The third-order valence-corrected chi connectivity index (χ3v) is 5.27. The average molecular weight is 339 g/mol. The molecule has 3 rings (SSSR count). The zero-order valence-electron chi connectivity index (χ0n) is 14.0. The van der Waals surface area contributed by atoms with Gasteiger partial charge in [-0.05, 0) is 49.1 Å². The van der Waals surface area contributed by atoms with Crippen LogP contribution >= 0.6 is 11.6 Å². The fraction of sp³-hybridized carbons (Fsp3) is 0.286. The standard InChI is InChI=1S/C21H23ClN2/c1-21(16-24-19-12-6-3-7-13-19)14-8-9-17(20(21)22)15-23-18-10-4-2-5-11-18/h2-7,10-13,15,24H,8-9,14,16H2,1H3/b23-15+. The number of nitrogens with one attached hydrogen (secondary N) is 1. The van der Waals surface area contributed by atoms with E-state index in [0.717, 1.165) is 47.8 Å².